The number of alkyl halides is 1. The number of aryl methyl sites for hydroxylation is 1. The lowest BCUT2D eigenvalue weighted by Crippen LogP contribution is -2.47. The van der Waals surface area contributed by atoms with Crippen molar-refractivity contribution in [2.24, 2.45) is 0 Å². The van der Waals surface area contributed by atoms with Crippen LogP contribution in [0.15, 0.2) is 35.1 Å². The predicted molar refractivity (Wildman–Crippen MR) is 96.6 cm³/mol. The van der Waals surface area contributed by atoms with Gasteiger partial charge in [0, 0.05) is 34.4 Å². The number of amides is 2. The fourth-order valence-electron chi connectivity index (χ4n) is 3.41. The summed E-state index contributed by atoms with van der Waals surface area (Å²) in [6.07, 6.45) is 2.54. The fourth-order valence-corrected chi connectivity index (χ4v) is 3.77. The smallest absolute Gasteiger partial charge is 0.254 e. The van der Waals surface area contributed by atoms with Crippen LogP contribution >= 0.6 is 15.9 Å². The van der Waals surface area contributed by atoms with E-state index in [-0.39, 0.29) is 24.9 Å². The average molecular weight is 419 g/mol. The summed E-state index contributed by atoms with van der Waals surface area (Å²) in [6.45, 7) is 1.87. The van der Waals surface area contributed by atoms with E-state index in [0.717, 1.165) is 15.6 Å². The Morgan fingerprint density at radius 3 is 2.77 bits per heavy atom. The minimum Gasteiger partial charge on any atom is -0.328 e. The number of rotatable bonds is 3. The highest BCUT2D eigenvalue weighted by atomic mass is 79.9. The number of benzene rings is 1. The molecule has 2 aromatic rings. The van der Waals surface area contributed by atoms with Crippen molar-refractivity contribution in [2.75, 3.05) is 18.4 Å². The molecular weight excluding hydrogens is 403 g/mol. The van der Waals surface area contributed by atoms with Crippen molar-refractivity contribution in [3.8, 4) is 0 Å². The molecule has 6 nitrogen and oxygen atoms in total. The molecule has 2 atom stereocenters. The molecule has 0 saturated heterocycles. The van der Waals surface area contributed by atoms with Crippen LogP contribution in [0.5, 0.6) is 0 Å². The second kappa shape index (κ2) is 6.12. The highest BCUT2D eigenvalue weighted by Crippen LogP contribution is 2.54. The first-order chi connectivity index (χ1) is 12.4. The van der Waals surface area contributed by atoms with Gasteiger partial charge < -0.3 is 4.90 Å². The van der Waals surface area contributed by atoms with Crippen LogP contribution in [0, 0.1) is 6.92 Å². The molecule has 1 aromatic carbocycles. The molecule has 0 radical (unpaired) electrons. The van der Waals surface area contributed by atoms with Crippen molar-refractivity contribution < 1.29 is 14.0 Å². The van der Waals surface area contributed by atoms with E-state index in [1.165, 1.54) is 4.90 Å². The molecule has 8 heteroatoms. The molecule has 2 heterocycles. The number of halogens is 2. The number of aromatic nitrogens is 2. The summed E-state index contributed by atoms with van der Waals surface area (Å²) in [5.74, 6) is -0.495. The fraction of sp³-hybridized carbons (Fsp3) is 0.333. The van der Waals surface area contributed by atoms with Crippen LogP contribution in [-0.4, -0.2) is 45.9 Å². The minimum absolute atomic E-state index is 0.167. The van der Waals surface area contributed by atoms with Gasteiger partial charge in [0.15, 0.2) is 0 Å². The molecule has 2 amide bonds. The molecule has 4 rings (SSSR count). The normalized spacial score (nSPS) is 23.7. The average Bonchev–Trinajstić information content (AvgIpc) is 3.25. The summed E-state index contributed by atoms with van der Waals surface area (Å²) in [5, 5.41) is 2.57. The Bertz CT molecular complexity index is 905. The summed E-state index contributed by atoms with van der Waals surface area (Å²) < 4.78 is 15.0. The summed E-state index contributed by atoms with van der Waals surface area (Å²) in [5.41, 5.74) is 1.36. The monoisotopic (exact) mass is 418 g/mol. The van der Waals surface area contributed by atoms with E-state index in [1.54, 1.807) is 24.5 Å². The summed E-state index contributed by atoms with van der Waals surface area (Å²) in [4.78, 5) is 34.5. The summed E-state index contributed by atoms with van der Waals surface area (Å²) in [6, 6.07) is 5.25. The van der Waals surface area contributed by atoms with Gasteiger partial charge in [0.05, 0.1) is 0 Å². The zero-order valence-corrected chi connectivity index (χ0v) is 15.6. The second-order valence-corrected chi connectivity index (χ2v) is 7.73. The molecule has 1 aliphatic heterocycles. The zero-order valence-electron chi connectivity index (χ0n) is 14.0. The molecule has 2 aliphatic rings. The van der Waals surface area contributed by atoms with Gasteiger partial charge in [0.1, 0.15) is 12.7 Å². The van der Waals surface area contributed by atoms with Crippen LogP contribution < -0.4 is 5.32 Å². The largest absolute Gasteiger partial charge is 0.328 e. The van der Waals surface area contributed by atoms with E-state index < -0.39 is 17.5 Å². The Hall–Kier alpha value is -2.35. The van der Waals surface area contributed by atoms with Crippen LogP contribution in [0.1, 0.15) is 27.9 Å². The number of carbonyl (C=O) groups is 2. The molecule has 1 N–H and O–H groups in total. The molecule has 1 spiro atoms. The Morgan fingerprint density at radius 2 is 2.12 bits per heavy atom. The third-order valence-corrected chi connectivity index (χ3v) is 5.35. The Kier molecular flexibility index (Phi) is 4.02. The number of carbonyl (C=O) groups excluding carboxylic acids is 2. The van der Waals surface area contributed by atoms with Crippen LogP contribution in [-0.2, 0) is 10.2 Å². The highest BCUT2D eigenvalue weighted by Gasteiger charge is 2.61. The number of anilines is 1. The Morgan fingerprint density at radius 1 is 1.42 bits per heavy atom. The van der Waals surface area contributed by atoms with Gasteiger partial charge >= 0.3 is 0 Å². The lowest BCUT2D eigenvalue weighted by atomic mass is 9.86. The lowest BCUT2D eigenvalue weighted by Gasteiger charge is -2.34. The third-order valence-electron chi connectivity index (χ3n) is 4.86. The minimum atomic E-state index is -1.00. The summed E-state index contributed by atoms with van der Waals surface area (Å²) >= 11 is 3.38. The predicted octanol–water partition coefficient (Wildman–Crippen LogP) is 2.62. The van der Waals surface area contributed by atoms with Gasteiger partial charge in [-0.2, -0.15) is 0 Å². The highest BCUT2D eigenvalue weighted by molar-refractivity contribution is 9.10. The van der Waals surface area contributed by atoms with E-state index >= 15 is 0 Å². The molecule has 134 valence electrons. The van der Waals surface area contributed by atoms with Gasteiger partial charge in [-0.15, -0.1) is 0 Å². The Labute approximate surface area is 158 Å². The molecule has 0 bridgehead atoms. The number of nitrogens with zero attached hydrogens (tertiary/aromatic N) is 3. The van der Waals surface area contributed by atoms with Crippen molar-refractivity contribution in [1.29, 1.82) is 0 Å². The van der Waals surface area contributed by atoms with E-state index in [0.29, 0.717) is 12.0 Å². The Balaban J connectivity index is 1.54. The van der Waals surface area contributed by atoms with Crippen molar-refractivity contribution in [2.45, 2.75) is 24.9 Å². The number of hydrogen-bond donors (Lipinski definition) is 1. The molecule has 26 heavy (non-hydrogen) atoms. The van der Waals surface area contributed by atoms with E-state index in [4.69, 9.17) is 0 Å². The molecule has 1 saturated carbocycles. The van der Waals surface area contributed by atoms with Gasteiger partial charge in [0.2, 0.25) is 11.9 Å². The van der Waals surface area contributed by atoms with Crippen LogP contribution in [0.2, 0.25) is 0 Å². The molecule has 1 fully saturated rings. The first-order valence-electron chi connectivity index (χ1n) is 8.21. The van der Waals surface area contributed by atoms with Crippen molar-refractivity contribution in [3.63, 3.8) is 0 Å². The zero-order chi connectivity index (χ0) is 18.5. The van der Waals surface area contributed by atoms with Gasteiger partial charge in [0.25, 0.3) is 5.91 Å². The topological polar surface area (TPSA) is 75.2 Å². The van der Waals surface area contributed by atoms with Crippen LogP contribution in [0.4, 0.5) is 10.3 Å². The maximum absolute atomic E-state index is 14.2. The summed E-state index contributed by atoms with van der Waals surface area (Å²) in [7, 11) is 0. The molecule has 1 aromatic heterocycles. The third kappa shape index (κ3) is 2.88. The first kappa shape index (κ1) is 17.1. The first-order valence-corrected chi connectivity index (χ1v) is 9.00. The van der Waals surface area contributed by atoms with Gasteiger partial charge in [-0.25, -0.2) is 14.4 Å². The number of nitrogens with one attached hydrogen (secondary N) is 1. The molecule has 0 unspecified atom stereocenters. The quantitative estimate of drug-likeness (QED) is 0.830. The standard InChI is InChI=1S/C18H16BrFN4O2/c1-10-6-21-17(22-7-10)23-15(25)8-24-9-18(5-14(18)20)13-4-11(19)2-3-12(13)16(24)26/h2-4,6-7,14H,5,8-9H2,1H3,(H,21,22,23,25)/t14-,18+/m1/s1. The van der Waals surface area contributed by atoms with E-state index in [9.17, 15) is 14.0 Å². The number of fused-ring (bicyclic) bond motifs is 2. The van der Waals surface area contributed by atoms with Crippen molar-refractivity contribution in [1.82, 2.24) is 14.9 Å². The maximum atomic E-state index is 14.2. The molecular formula is C18H16BrFN4O2. The van der Waals surface area contributed by atoms with Crippen LogP contribution in [0.25, 0.3) is 0 Å². The maximum Gasteiger partial charge on any atom is 0.254 e. The van der Waals surface area contributed by atoms with Gasteiger partial charge in [-0.3, -0.25) is 14.9 Å². The second-order valence-electron chi connectivity index (χ2n) is 6.81. The number of hydrogen-bond acceptors (Lipinski definition) is 4. The molecule has 1 aliphatic carbocycles. The van der Waals surface area contributed by atoms with E-state index in [1.807, 2.05) is 13.0 Å². The lowest BCUT2D eigenvalue weighted by molar-refractivity contribution is -0.117. The van der Waals surface area contributed by atoms with Crippen molar-refractivity contribution in [3.05, 3.63) is 51.8 Å². The SMILES string of the molecule is Cc1cnc(NC(=O)CN2C[C@@]3(C[C@H]3F)c3cc(Br)ccc3C2=O)nc1. The van der Waals surface area contributed by atoms with Crippen LogP contribution in [0.3, 0.4) is 0 Å². The van der Waals surface area contributed by atoms with Crippen molar-refractivity contribution >= 4 is 33.7 Å². The van der Waals surface area contributed by atoms with E-state index in [2.05, 4.69) is 31.2 Å². The van der Waals surface area contributed by atoms with Gasteiger partial charge in [-0.1, -0.05) is 15.9 Å². The van der Waals surface area contributed by atoms with Gasteiger partial charge in [-0.05, 0) is 42.7 Å².